The van der Waals surface area contributed by atoms with Crippen LogP contribution in [0.1, 0.15) is 19.8 Å². The standard InChI is InChI=1S/C15H16ClFN4O2/c1-7-6-23-14-9-11(10(17)12(16)19-14)18-15(22-2)20-13(9)21(7)5-8-3-4-8/h7-8H,3-6H2,1-2H3/t7-/m0/s1. The van der Waals surface area contributed by atoms with E-state index in [1.165, 1.54) is 20.0 Å². The smallest absolute Gasteiger partial charge is 0.318 e. The van der Waals surface area contributed by atoms with Crippen molar-refractivity contribution in [1.29, 1.82) is 0 Å². The molecule has 0 bridgehead atoms. The Bertz CT molecular complexity index is 784. The molecule has 8 heteroatoms. The van der Waals surface area contributed by atoms with Gasteiger partial charge in [0, 0.05) is 6.54 Å². The molecule has 0 spiro atoms. The third kappa shape index (κ3) is 2.43. The summed E-state index contributed by atoms with van der Waals surface area (Å²) in [4.78, 5) is 14.7. The van der Waals surface area contributed by atoms with Gasteiger partial charge in [0.2, 0.25) is 5.88 Å². The maximum Gasteiger partial charge on any atom is 0.318 e. The highest BCUT2D eigenvalue weighted by molar-refractivity contribution is 6.30. The summed E-state index contributed by atoms with van der Waals surface area (Å²) in [6.07, 6.45) is 2.41. The number of halogens is 2. The first-order valence-electron chi connectivity index (χ1n) is 7.58. The van der Waals surface area contributed by atoms with Crippen molar-refractivity contribution >= 4 is 28.3 Å². The molecule has 0 saturated heterocycles. The van der Waals surface area contributed by atoms with Crippen LogP contribution in [0.25, 0.3) is 10.9 Å². The van der Waals surface area contributed by atoms with Gasteiger partial charge in [0.25, 0.3) is 0 Å². The first kappa shape index (κ1) is 14.7. The van der Waals surface area contributed by atoms with Crippen LogP contribution < -0.4 is 14.4 Å². The minimum absolute atomic E-state index is 0.0782. The maximum absolute atomic E-state index is 14.5. The average Bonchev–Trinajstić information content (AvgIpc) is 3.37. The lowest BCUT2D eigenvalue weighted by atomic mass is 10.2. The Hall–Kier alpha value is -1.89. The Morgan fingerprint density at radius 1 is 1.35 bits per heavy atom. The Kier molecular flexibility index (Phi) is 3.41. The molecule has 0 N–H and O–H groups in total. The van der Waals surface area contributed by atoms with Gasteiger partial charge in [0.1, 0.15) is 23.3 Å². The van der Waals surface area contributed by atoms with Crippen molar-refractivity contribution in [3.8, 4) is 11.9 Å². The highest BCUT2D eigenvalue weighted by Crippen LogP contribution is 2.40. The lowest BCUT2D eigenvalue weighted by molar-refractivity contribution is 0.285. The molecule has 2 aromatic heterocycles. The van der Waals surface area contributed by atoms with E-state index in [-0.39, 0.29) is 28.6 Å². The van der Waals surface area contributed by atoms with Crippen LogP contribution in [0.5, 0.6) is 11.9 Å². The molecule has 6 nitrogen and oxygen atoms in total. The molecule has 122 valence electrons. The molecule has 2 aromatic rings. The Morgan fingerprint density at radius 2 is 2.13 bits per heavy atom. The van der Waals surface area contributed by atoms with E-state index >= 15 is 0 Å². The van der Waals surface area contributed by atoms with Crippen molar-refractivity contribution in [2.24, 2.45) is 5.92 Å². The van der Waals surface area contributed by atoms with E-state index in [0.29, 0.717) is 23.7 Å². The van der Waals surface area contributed by atoms with Crippen molar-refractivity contribution in [3.63, 3.8) is 0 Å². The van der Waals surface area contributed by atoms with E-state index in [4.69, 9.17) is 21.1 Å². The van der Waals surface area contributed by atoms with Gasteiger partial charge in [-0.2, -0.15) is 15.0 Å². The molecular formula is C15H16ClFN4O2. The number of pyridine rings is 1. The van der Waals surface area contributed by atoms with Crippen molar-refractivity contribution in [3.05, 3.63) is 11.0 Å². The summed E-state index contributed by atoms with van der Waals surface area (Å²) < 4.78 is 25.4. The van der Waals surface area contributed by atoms with Gasteiger partial charge in [0.15, 0.2) is 11.0 Å². The number of nitrogens with zero attached hydrogens (tertiary/aromatic N) is 4. The van der Waals surface area contributed by atoms with E-state index in [0.717, 1.165) is 6.54 Å². The van der Waals surface area contributed by atoms with Gasteiger partial charge in [-0.3, -0.25) is 0 Å². The second-order valence-electron chi connectivity index (χ2n) is 6.04. The lowest BCUT2D eigenvalue weighted by Gasteiger charge is -2.28. The third-order valence-electron chi connectivity index (χ3n) is 4.27. The van der Waals surface area contributed by atoms with E-state index in [2.05, 4.69) is 19.9 Å². The highest BCUT2D eigenvalue weighted by Gasteiger charge is 2.33. The van der Waals surface area contributed by atoms with Crippen LogP contribution in [-0.2, 0) is 0 Å². The summed E-state index contributed by atoms with van der Waals surface area (Å²) in [5.41, 5.74) is 0.0803. The number of aromatic nitrogens is 3. The fourth-order valence-electron chi connectivity index (χ4n) is 2.82. The molecule has 1 aliphatic carbocycles. The first-order valence-corrected chi connectivity index (χ1v) is 7.96. The zero-order valence-electron chi connectivity index (χ0n) is 12.8. The predicted octanol–water partition coefficient (Wildman–Crippen LogP) is 2.82. The molecule has 1 atom stereocenters. The van der Waals surface area contributed by atoms with Gasteiger partial charge in [-0.1, -0.05) is 11.6 Å². The summed E-state index contributed by atoms with van der Waals surface area (Å²) in [5, 5.41) is 0.195. The van der Waals surface area contributed by atoms with Gasteiger partial charge < -0.3 is 14.4 Å². The van der Waals surface area contributed by atoms with Crippen LogP contribution in [0.15, 0.2) is 0 Å². The molecule has 2 aliphatic rings. The first-order chi connectivity index (χ1) is 11.1. The van der Waals surface area contributed by atoms with Crippen molar-refractivity contribution in [2.75, 3.05) is 25.2 Å². The molecule has 0 radical (unpaired) electrons. The molecule has 3 heterocycles. The van der Waals surface area contributed by atoms with Crippen LogP contribution in [0, 0.1) is 11.7 Å². The molecule has 23 heavy (non-hydrogen) atoms. The number of rotatable bonds is 3. The fourth-order valence-corrected chi connectivity index (χ4v) is 2.99. The SMILES string of the molecule is COc1nc2c3c(nc(Cl)c(F)c3n1)OC[C@H](C)N2CC1CC1. The Balaban J connectivity index is 2.00. The van der Waals surface area contributed by atoms with E-state index < -0.39 is 5.82 Å². The van der Waals surface area contributed by atoms with Crippen LogP contribution >= 0.6 is 11.6 Å². The zero-order valence-corrected chi connectivity index (χ0v) is 13.6. The van der Waals surface area contributed by atoms with E-state index in [1.807, 2.05) is 6.92 Å². The number of methoxy groups -OCH3 is 1. The summed E-state index contributed by atoms with van der Waals surface area (Å²) >= 11 is 5.88. The average molecular weight is 339 g/mol. The molecule has 1 saturated carbocycles. The Labute approximate surface area is 137 Å². The van der Waals surface area contributed by atoms with Gasteiger partial charge in [-0.15, -0.1) is 0 Å². The molecule has 0 unspecified atom stereocenters. The monoisotopic (exact) mass is 338 g/mol. The van der Waals surface area contributed by atoms with Gasteiger partial charge in [-0.05, 0) is 25.7 Å². The lowest BCUT2D eigenvalue weighted by Crippen LogP contribution is -2.38. The number of ether oxygens (including phenoxy) is 2. The normalized spacial score (nSPS) is 20.3. The topological polar surface area (TPSA) is 60.4 Å². The number of hydrogen-bond acceptors (Lipinski definition) is 6. The van der Waals surface area contributed by atoms with Gasteiger partial charge >= 0.3 is 6.01 Å². The second kappa shape index (κ2) is 5.33. The molecule has 4 rings (SSSR count). The fraction of sp³-hybridized carbons (Fsp3) is 0.533. The minimum atomic E-state index is -0.683. The molecule has 0 amide bonds. The van der Waals surface area contributed by atoms with Crippen molar-refractivity contribution in [2.45, 2.75) is 25.8 Å². The largest absolute Gasteiger partial charge is 0.475 e. The van der Waals surface area contributed by atoms with Crippen LogP contribution in [0.3, 0.4) is 0 Å². The number of hydrogen-bond donors (Lipinski definition) is 0. The van der Waals surface area contributed by atoms with E-state index in [1.54, 1.807) is 0 Å². The van der Waals surface area contributed by atoms with Gasteiger partial charge in [-0.25, -0.2) is 4.39 Å². The summed E-state index contributed by atoms with van der Waals surface area (Å²) in [7, 11) is 1.46. The minimum Gasteiger partial charge on any atom is -0.475 e. The zero-order chi connectivity index (χ0) is 16.1. The summed E-state index contributed by atoms with van der Waals surface area (Å²) in [6, 6.07) is 0.184. The molecule has 0 aromatic carbocycles. The summed E-state index contributed by atoms with van der Waals surface area (Å²) in [5.74, 6) is 0.827. The third-order valence-corrected chi connectivity index (χ3v) is 4.52. The molecular weight excluding hydrogens is 323 g/mol. The number of anilines is 1. The molecule has 1 fully saturated rings. The maximum atomic E-state index is 14.5. The van der Waals surface area contributed by atoms with Crippen molar-refractivity contribution < 1.29 is 13.9 Å². The van der Waals surface area contributed by atoms with E-state index in [9.17, 15) is 4.39 Å². The van der Waals surface area contributed by atoms with Crippen LogP contribution in [0.2, 0.25) is 5.15 Å². The summed E-state index contributed by atoms with van der Waals surface area (Å²) in [6.45, 7) is 3.32. The predicted molar refractivity (Wildman–Crippen MR) is 83.9 cm³/mol. The van der Waals surface area contributed by atoms with Crippen LogP contribution in [0.4, 0.5) is 10.2 Å². The van der Waals surface area contributed by atoms with Gasteiger partial charge in [0.05, 0.1) is 13.2 Å². The Morgan fingerprint density at radius 3 is 2.83 bits per heavy atom. The second-order valence-corrected chi connectivity index (χ2v) is 6.39. The highest BCUT2D eigenvalue weighted by atomic mass is 35.5. The van der Waals surface area contributed by atoms with Crippen LogP contribution in [-0.4, -0.2) is 41.3 Å². The van der Waals surface area contributed by atoms with Crippen molar-refractivity contribution in [1.82, 2.24) is 15.0 Å². The quantitative estimate of drug-likeness (QED) is 0.802. The molecule has 1 aliphatic heterocycles.